The first kappa shape index (κ1) is 15.3. The lowest BCUT2D eigenvalue weighted by molar-refractivity contribution is 0.0198. The number of rotatable bonds is 5. The van der Waals surface area contributed by atoms with E-state index in [4.69, 9.17) is 4.74 Å². The molecule has 1 aromatic carbocycles. The van der Waals surface area contributed by atoms with Crippen LogP contribution in [0.25, 0.3) is 0 Å². The van der Waals surface area contributed by atoms with Gasteiger partial charge in [-0.05, 0) is 31.5 Å². The van der Waals surface area contributed by atoms with Crippen molar-refractivity contribution in [3.05, 3.63) is 29.8 Å². The summed E-state index contributed by atoms with van der Waals surface area (Å²) in [5, 5.41) is 0. The first-order valence-corrected chi connectivity index (χ1v) is 8.59. The van der Waals surface area contributed by atoms with Gasteiger partial charge in [0.05, 0.1) is 19.0 Å². The third kappa shape index (κ3) is 3.94. The molecule has 1 aliphatic heterocycles. The van der Waals surface area contributed by atoms with Gasteiger partial charge >= 0.3 is 0 Å². The molecule has 0 radical (unpaired) electrons. The van der Waals surface area contributed by atoms with Crippen LogP contribution in [-0.4, -0.2) is 45.4 Å². The average Bonchev–Trinajstić information content (AvgIpc) is 2.48. The minimum atomic E-state index is -3.20. The summed E-state index contributed by atoms with van der Waals surface area (Å²) in [7, 11) is -3.20. The minimum absolute atomic E-state index is 0.0823. The van der Waals surface area contributed by atoms with Crippen molar-refractivity contribution in [2.24, 2.45) is 0 Å². The summed E-state index contributed by atoms with van der Waals surface area (Å²) in [5.41, 5.74) is 1.80. The maximum absolute atomic E-state index is 11.5. The third-order valence-corrected chi connectivity index (χ3v) is 4.95. The maximum atomic E-state index is 11.5. The summed E-state index contributed by atoms with van der Waals surface area (Å²) in [6.45, 7) is 7.21. The Balaban J connectivity index is 2.03. The standard InChI is InChI=1S/C14H22N2O3S/c1-3-20(17,18)15-14-6-4-13(5-7-14)12(2)16-8-10-19-11-9-16/h4-7,12,15H,3,8-11H2,1-2H3. The Kier molecular flexibility index (Phi) is 5.01. The number of anilines is 1. The molecule has 0 spiro atoms. The molecule has 0 saturated carbocycles. The molecule has 1 fully saturated rings. The van der Waals surface area contributed by atoms with Crippen molar-refractivity contribution in [2.75, 3.05) is 36.8 Å². The maximum Gasteiger partial charge on any atom is 0.232 e. The Morgan fingerprint density at radius 1 is 1.25 bits per heavy atom. The summed E-state index contributed by atoms with van der Waals surface area (Å²) in [4.78, 5) is 2.37. The van der Waals surface area contributed by atoms with Crippen LogP contribution in [0.2, 0.25) is 0 Å². The molecule has 0 aromatic heterocycles. The van der Waals surface area contributed by atoms with E-state index in [1.807, 2.05) is 24.3 Å². The fourth-order valence-electron chi connectivity index (χ4n) is 2.26. The van der Waals surface area contributed by atoms with Crippen LogP contribution in [0.4, 0.5) is 5.69 Å². The predicted octanol–water partition coefficient (Wildman–Crippen LogP) is 1.84. The molecule has 0 amide bonds. The van der Waals surface area contributed by atoms with Crippen molar-refractivity contribution >= 4 is 15.7 Å². The number of morpholine rings is 1. The lowest BCUT2D eigenvalue weighted by Crippen LogP contribution is -2.37. The Morgan fingerprint density at radius 2 is 1.85 bits per heavy atom. The molecule has 5 nitrogen and oxygen atoms in total. The van der Waals surface area contributed by atoms with Crippen molar-refractivity contribution in [3.8, 4) is 0 Å². The van der Waals surface area contributed by atoms with Gasteiger partial charge in [0.15, 0.2) is 0 Å². The fraction of sp³-hybridized carbons (Fsp3) is 0.571. The van der Waals surface area contributed by atoms with E-state index < -0.39 is 10.0 Å². The van der Waals surface area contributed by atoms with Crippen LogP contribution in [0.15, 0.2) is 24.3 Å². The van der Waals surface area contributed by atoms with Crippen LogP contribution in [0.1, 0.15) is 25.5 Å². The zero-order chi connectivity index (χ0) is 14.6. The van der Waals surface area contributed by atoms with Gasteiger partial charge in [-0.2, -0.15) is 0 Å². The van der Waals surface area contributed by atoms with Crippen LogP contribution in [-0.2, 0) is 14.8 Å². The van der Waals surface area contributed by atoms with E-state index in [0.29, 0.717) is 11.7 Å². The third-order valence-electron chi connectivity index (χ3n) is 3.64. The second kappa shape index (κ2) is 6.56. The minimum Gasteiger partial charge on any atom is -0.379 e. The molecule has 112 valence electrons. The van der Waals surface area contributed by atoms with Crippen LogP contribution >= 0.6 is 0 Å². The zero-order valence-electron chi connectivity index (χ0n) is 12.0. The highest BCUT2D eigenvalue weighted by Crippen LogP contribution is 2.23. The first-order chi connectivity index (χ1) is 9.52. The molecule has 1 unspecified atom stereocenters. The summed E-state index contributed by atoms with van der Waals surface area (Å²) in [6.07, 6.45) is 0. The van der Waals surface area contributed by atoms with E-state index in [-0.39, 0.29) is 5.75 Å². The zero-order valence-corrected chi connectivity index (χ0v) is 12.8. The van der Waals surface area contributed by atoms with Crippen molar-refractivity contribution in [1.29, 1.82) is 0 Å². The summed E-state index contributed by atoms with van der Waals surface area (Å²) < 4.78 is 30.9. The first-order valence-electron chi connectivity index (χ1n) is 6.94. The van der Waals surface area contributed by atoms with E-state index in [1.54, 1.807) is 6.92 Å². The molecule has 0 bridgehead atoms. The lowest BCUT2D eigenvalue weighted by atomic mass is 10.1. The van der Waals surface area contributed by atoms with Crippen molar-refractivity contribution in [1.82, 2.24) is 4.90 Å². The normalized spacial score (nSPS) is 18.7. The van der Waals surface area contributed by atoms with Gasteiger partial charge in [-0.1, -0.05) is 12.1 Å². The Morgan fingerprint density at radius 3 is 2.40 bits per heavy atom. The van der Waals surface area contributed by atoms with Crippen molar-refractivity contribution < 1.29 is 13.2 Å². The highest BCUT2D eigenvalue weighted by Gasteiger charge is 2.18. The van der Waals surface area contributed by atoms with Gasteiger partial charge in [0.1, 0.15) is 0 Å². The van der Waals surface area contributed by atoms with Crippen molar-refractivity contribution in [3.63, 3.8) is 0 Å². The molecule has 1 saturated heterocycles. The SMILES string of the molecule is CCS(=O)(=O)Nc1ccc(C(C)N2CCOCC2)cc1. The molecule has 0 aliphatic carbocycles. The molecule has 20 heavy (non-hydrogen) atoms. The topological polar surface area (TPSA) is 58.6 Å². The van der Waals surface area contributed by atoms with Gasteiger partial charge in [0, 0.05) is 24.8 Å². The Bertz CT molecular complexity index is 522. The largest absolute Gasteiger partial charge is 0.379 e. The van der Waals surface area contributed by atoms with E-state index in [0.717, 1.165) is 26.3 Å². The second-order valence-electron chi connectivity index (χ2n) is 4.95. The van der Waals surface area contributed by atoms with Crippen molar-refractivity contribution in [2.45, 2.75) is 19.9 Å². The highest BCUT2D eigenvalue weighted by molar-refractivity contribution is 7.92. The number of hydrogen-bond acceptors (Lipinski definition) is 4. The molecular formula is C14H22N2O3S. The van der Waals surface area contributed by atoms with Crippen LogP contribution < -0.4 is 4.72 Å². The predicted molar refractivity (Wildman–Crippen MR) is 80.3 cm³/mol. The molecule has 1 aliphatic rings. The molecule has 1 N–H and O–H groups in total. The summed E-state index contributed by atoms with van der Waals surface area (Å²) in [5.74, 6) is 0.0823. The quantitative estimate of drug-likeness (QED) is 0.901. The van der Waals surface area contributed by atoms with Gasteiger partial charge < -0.3 is 4.74 Å². The number of nitrogens with one attached hydrogen (secondary N) is 1. The molecule has 1 aromatic rings. The van der Waals surface area contributed by atoms with Crippen LogP contribution in [0, 0.1) is 0 Å². The van der Waals surface area contributed by atoms with E-state index in [1.165, 1.54) is 5.56 Å². The highest BCUT2D eigenvalue weighted by atomic mass is 32.2. The van der Waals surface area contributed by atoms with E-state index in [9.17, 15) is 8.42 Å². The Labute approximate surface area is 121 Å². The monoisotopic (exact) mass is 298 g/mol. The van der Waals surface area contributed by atoms with Gasteiger partial charge in [-0.15, -0.1) is 0 Å². The Hall–Kier alpha value is -1.11. The molecule has 1 atom stereocenters. The summed E-state index contributed by atoms with van der Waals surface area (Å²) >= 11 is 0. The smallest absolute Gasteiger partial charge is 0.232 e. The number of nitrogens with zero attached hydrogens (tertiary/aromatic N) is 1. The lowest BCUT2D eigenvalue weighted by Gasteiger charge is -2.32. The molecule has 2 rings (SSSR count). The summed E-state index contributed by atoms with van der Waals surface area (Å²) in [6, 6.07) is 7.91. The van der Waals surface area contributed by atoms with Crippen LogP contribution in [0.3, 0.4) is 0 Å². The number of benzene rings is 1. The second-order valence-corrected chi connectivity index (χ2v) is 6.96. The van der Waals surface area contributed by atoms with Gasteiger partial charge in [-0.25, -0.2) is 8.42 Å². The number of ether oxygens (including phenoxy) is 1. The average molecular weight is 298 g/mol. The van der Waals surface area contributed by atoms with E-state index >= 15 is 0 Å². The molecule has 6 heteroatoms. The molecule has 1 heterocycles. The van der Waals surface area contributed by atoms with Gasteiger partial charge in [0.25, 0.3) is 0 Å². The van der Waals surface area contributed by atoms with Crippen LogP contribution in [0.5, 0.6) is 0 Å². The van der Waals surface area contributed by atoms with Gasteiger partial charge in [0.2, 0.25) is 10.0 Å². The number of hydrogen-bond donors (Lipinski definition) is 1. The van der Waals surface area contributed by atoms with E-state index in [2.05, 4.69) is 16.5 Å². The fourth-order valence-corrected chi connectivity index (χ4v) is 2.90. The molecular weight excluding hydrogens is 276 g/mol. The van der Waals surface area contributed by atoms with Gasteiger partial charge in [-0.3, -0.25) is 9.62 Å². The number of sulfonamides is 1.